The largest absolute Gasteiger partial charge is 0.387 e. The Morgan fingerprint density at radius 1 is 1.00 bits per heavy atom. The average Bonchev–Trinajstić information content (AvgIpc) is 1.36. The minimum absolute atomic E-state index is 0.0586. The molecule has 2 nitrogen and oxygen atoms in total. The fourth-order valence-electron chi connectivity index (χ4n) is 0. The van der Waals surface area contributed by atoms with E-state index in [0.717, 1.165) is 0 Å². The van der Waals surface area contributed by atoms with E-state index in [9.17, 15) is 0 Å². The molecule has 0 bridgehead atoms. The van der Waals surface area contributed by atoms with Gasteiger partial charge in [0.15, 0.2) is 0 Å². The highest BCUT2D eigenvalue weighted by molar-refractivity contribution is 6.38. The number of hydrogen-bond acceptors (Lipinski definition) is 2. The van der Waals surface area contributed by atoms with E-state index in [1.54, 1.807) is 0 Å². The molecule has 4 heteroatoms. The molecule has 0 saturated carbocycles. The molecule has 4 N–H and O–H groups in total. The van der Waals surface area contributed by atoms with Gasteiger partial charge >= 0.3 is 0 Å². The number of halogens is 2. The second-order valence-electron chi connectivity index (χ2n) is 0.696. The van der Waals surface area contributed by atoms with Gasteiger partial charge in [-0.2, -0.15) is 0 Å². The first kappa shape index (κ1) is 5.92. The third-order valence-electron chi connectivity index (χ3n) is 0.228. The SMILES string of the molecule is NC(Cl)=C(N)Cl. The first-order chi connectivity index (χ1) is 2.64. The molecule has 0 heterocycles. The fraction of sp³-hybridized carbons (Fsp3) is 0. The first-order valence-electron chi connectivity index (χ1n) is 1.21. The molecular weight excluding hydrogens is 123 g/mol. The van der Waals surface area contributed by atoms with Crippen molar-refractivity contribution >= 4 is 23.2 Å². The molecule has 0 aromatic carbocycles. The van der Waals surface area contributed by atoms with Gasteiger partial charge in [-0.05, 0) is 0 Å². The summed E-state index contributed by atoms with van der Waals surface area (Å²) in [6.07, 6.45) is 0. The van der Waals surface area contributed by atoms with Gasteiger partial charge in [0.1, 0.15) is 10.3 Å². The fourth-order valence-corrected chi connectivity index (χ4v) is 0. The molecule has 0 unspecified atom stereocenters. The first-order valence-corrected chi connectivity index (χ1v) is 1.96. The van der Waals surface area contributed by atoms with Gasteiger partial charge < -0.3 is 11.5 Å². The van der Waals surface area contributed by atoms with E-state index in [2.05, 4.69) is 0 Å². The van der Waals surface area contributed by atoms with Crippen molar-refractivity contribution in [2.75, 3.05) is 0 Å². The third kappa shape index (κ3) is 2.18. The molecule has 0 fully saturated rings. The van der Waals surface area contributed by atoms with Crippen molar-refractivity contribution < 1.29 is 0 Å². The van der Waals surface area contributed by atoms with Crippen LogP contribution < -0.4 is 11.5 Å². The van der Waals surface area contributed by atoms with Crippen LogP contribution in [0.4, 0.5) is 0 Å². The van der Waals surface area contributed by atoms with E-state index < -0.39 is 0 Å². The van der Waals surface area contributed by atoms with Crippen LogP contribution in [0.5, 0.6) is 0 Å². The molecule has 0 amide bonds. The minimum Gasteiger partial charge on any atom is -0.387 e. The van der Waals surface area contributed by atoms with Gasteiger partial charge in [0.2, 0.25) is 0 Å². The van der Waals surface area contributed by atoms with Gasteiger partial charge in [-0.3, -0.25) is 0 Å². The molecule has 0 aliphatic rings. The molecule has 0 aromatic heterocycles. The molecular formula is C2H4Cl2N2. The Hall–Kier alpha value is -0.0800. The van der Waals surface area contributed by atoms with Crippen molar-refractivity contribution in [1.82, 2.24) is 0 Å². The summed E-state index contributed by atoms with van der Waals surface area (Å²) in [5, 5.41) is -0.117. The van der Waals surface area contributed by atoms with Gasteiger partial charge in [0, 0.05) is 0 Å². The molecule has 0 aromatic rings. The normalized spacial score (nSPS) is 13.7. The lowest BCUT2D eigenvalue weighted by Crippen LogP contribution is -1.97. The lowest BCUT2D eigenvalue weighted by atomic mass is 10.9. The molecule has 0 aliphatic heterocycles. The van der Waals surface area contributed by atoms with Crippen LogP contribution in [0, 0.1) is 0 Å². The summed E-state index contributed by atoms with van der Waals surface area (Å²) in [5.41, 5.74) is 9.65. The van der Waals surface area contributed by atoms with Crippen LogP contribution in [0.1, 0.15) is 0 Å². The molecule has 0 saturated heterocycles. The van der Waals surface area contributed by atoms with Crippen molar-refractivity contribution in [2.45, 2.75) is 0 Å². The second-order valence-corrected chi connectivity index (χ2v) is 1.51. The number of rotatable bonds is 0. The maximum atomic E-state index is 5.01. The Morgan fingerprint density at radius 3 is 1.17 bits per heavy atom. The van der Waals surface area contributed by atoms with E-state index in [1.807, 2.05) is 0 Å². The van der Waals surface area contributed by atoms with Crippen molar-refractivity contribution in [1.29, 1.82) is 0 Å². The van der Waals surface area contributed by atoms with Crippen molar-refractivity contribution in [3.05, 3.63) is 10.3 Å². The van der Waals surface area contributed by atoms with Gasteiger partial charge in [-0.25, -0.2) is 0 Å². The molecule has 0 rings (SSSR count). The van der Waals surface area contributed by atoms with Crippen LogP contribution in [0.3, 0.4) is 0 Å². The predicted molar refractivity (Wildman–Crippen MR) is 27.1 cm³/mol. The van der Waals surface area contributed by atoms with Gasteiger partial charge in [-0.1, -0.05) is 23.2 Å². The molecule has 0 aliphatic carbocycles. The van der Waals surface area contributed by atoms with Gasteiger partial charge in [0.05, 0.1) is 0 Å². The Labute approximate surface area is 45.7 Å². The third-order valence-corrected chi connectivity index (χ3v) is 0.732. The standard InChI is InChI=1S/C2H4Cl2N2/c3-1(5)2(4)6/h5-6H2. The van der Waals surface area contributed by atoms with E-state index >= 15 is 0 Å². The van der Waals surface area contributed by atoms with Crippen LogP contribution in [0.25, 0.3) is 0 Å². The van der Waals surface area contributed by atoms with Crippen molar-refractivity contribution in [3.63, 3.8) is 0 Å². The molecule has 0 atom stereocenters. The van der Waals surface area contributed by atoms with E-state index in [-0.39, 0.29) is 10.3 Å². The minimum atomic E-state index is -0.0586. The summed E-state index contributed by atoms with van der Waals surface area (Å²) in [6, 6.07) is 0. The summed E-state index contributed by atoms with van der Waals surface area (Å²) in [4.78, 5) is 0. The lowest BCUT2D eigenvalue weighted by molar-refractivity contribution is 1.41. The van der Waals surface area contributed by atoms with Gasteiger partial charge in [0.25, 0.3) is 0 Å². The lowest BCUT2D eigenvalue weighted by Gasteiger charge is -1.83. The highest BCUT2D eigenvalue weighted by Gasteiger charge is 1.83. The Morgan fingerprint density at radius 2 is 1.17 bits per heavy atom. The maximum absolute atomic E-state index is 5.01. The molecule has 0 radical (unpaired) electrons. The summed E-state index contributed by atoms with van der Waals surface area (Å²) in [5.74, 6) is 0. The zero-order valence-electron chi connectivity index (χ0n) is 2.91. The Balaban J connectivity index is 3.68. The zero-order chi connectivity index (χ0) is 5.15. The van der Waals surface area contributed by atoms with E-state index in [4.69, 9.17) is 34.7 Å². The van der Waals surface area contributed by atoms with Crippen LogP contribution >= 0.6 is 23.2 Å². The van der Waals surface area contributed by atoms with Crippen LogP contribution in [0.15, 0.2) is 10.3 Å². The monoisotopic (exact) mass is 126 g/mol. The maximum Gasteiger partial charge on any atom is 0.134 e. The molecule has 0 spiro atoms. The highest BCUT2D eigenvalue weighted by Crippen LogP contribution is 1.98. The summed E-state index contributed by atoms with van der Waals surface area (Å²) < 4.78 is 0. The van der Waals surface area contributed by atoms with E-state index in [1.165, 1.54) is 0 Å². The Bertz CT molecular complexity index is 59.6. The van der Waals surface area contributed by atoms with E-state index in [0.29, 0.717) is 0 Å². The summed E-state index contributed by atoms with van der Waals surface area (Å²) in [6.45, 7) is 0. The van der Waals surface area contributed by atoms with Crippen molar-refractivity contribution in [3.8, 4) is 0 Å². The second kappa shape index (κ2) is 2.16. The predicted octanol–water partition coefficient (Wildman–Crippen LogP) is 0.508. The van der Waals surface area contributed by atoms with Crippen LogP contribution in [0.2, 0.25) is 0 Å². The topological polar surface area (TPSA) is 52.0 Å². The average molecular weight is 127 g/mol. The number of nitrogens with two attached hydrogens (primary N) is 2. The number of hydrogen-bond donors (Lipinski definition) is 2. The summed E-state index contributed by atoms with van der Waals surface area (Å²) >= 11 is 10.0. The zero-order valence-corrected chi connectivity index (χ0v) is 4.42. The highest BCUT2D eigenvalue weighted by atomic mass is 35.5. The smallest absolute Gasteiger partial charge is 0.134 e. The molecule has 6 heavy (non-hydrogen) atoms. The summed E-state index contributed by atoms with van der Waals surface area (Å²) in [7, 11) is 0. The van der Waals surface area contributed by atoms with Crippen molar-refractivity contribution in [2.24, 2.45) is 11.5 Å². The molecule has 36 valence electrons. The quantitative estimate of drug-likeness (QED) is 0.465. The van der Waals surface area contributed by atoms with Crippen LogP contribution in [-0.4, -0.2) is 0 Å². The van der Waals surface area contributed by atoms with Gasteiger partial charge in [-0.15, -0.1) is 0 Å². The van der Waals surface area contributed by atoms with Crippen LogP contribution in [-0.2, 0) is 0 Å². The Kier molecular flexibility index (Phi) is 2.13.